The third kappa shape index (κ3) is 101. The first-order valence-corrected chi connectivity index (χ1v) is 0. The maximum atomic E-state index is 0. The highest BCUT2D eigenvalue weighted by atomic mass is 16.0. The lowest BCUT2D eigenvalue weighted by Gasteiger charge is -0.413. The van der Waals surface area contributed by atoms with E-state index in [2.05, 4.69) is 0 Å². The molecule has 0 radical (unpaired) electrons. The van der Waals surface area contributed by atoms with Gasteiger partial charge in [-0.1, -0.05) is 7.43 Å². The molecular weight excluding hydrogens is 58.0 g/mol. The standard InChI is InChI=1S/CH4.H3N.2H2O/h1H4;1H3;2*1H2. The first-order valence-electron chi connectivity index (χ1n) is 0. The summed E-state index contributed by atoms with van der Waals surface area (Å²) < 4.78 is 0. The van der Waals surface area contributed by atoms with Crippen molar-refractivity contribution in [2.75, 3.05) is 0 Å². The fraction of sp³-hybridized carbons (Fsp3) is 1.00. The van der Waals surface area contributed by atoms with Crippen molar-refractivity contribution in [2.24, 2.45) is 0 Å². The van der Waals surface area contributed by atoms with E-state index in [0.717, 1.165) is 0 Å². The third-order valence-electron chi connectivity index (χ3n) is 0. The molecule has 0 aromatic heterocycles. The van der Waals surface area contributed by atoms with Crippen LogP contribution in [0.2, 0.25) is 0 Å². The predicted octanol–water partition coefficient (Wildman–Crippen LogP) is -0.851. The van der Waals surface area contributed by atoms with Crippen molar-refractivity contribution >= 4 is 0 Å². The summed E-state index contributed by atoms with van der Waals surface area (Å²) in [6, 6.07) is 0. The predicted molar refractivity (Wildman–Crippen MR) is 19.0 cm³/mol. The normalized spacial score (nSPS) is 0. The second-order valence-electron chi connectivity index (χ2n) is 0. The van der Waals surface area contributed by atoms with Crippen LogP contribution in [0.4, 0.5) is 0 Å². The Labute approximate surface area is 25.8 Å². The van der Waals surface area contributed by atoms with Crippen LogP contribution in [0.3, 0.4) is 0 Å². The van der Waals surface area contributed by atoms with Crippen LogP contribution < -0.4 is 6.15 Å². The molecule has 0 aromatic carbocycles. The van der Waals surface area contributed by atoms with Crippen molar-refractivity contribution in [3.8, 4) is 0 Å². The molecule has 0 spiro atoms. The van der Waals surface area contributed by atoms with Crippen LogP contribution in [0.5, 0.6) is 0 Å². The minimum atomic E-state index is 0. The largest absolute Gasteiger partial charge is 0.412 e. The topological polar surface area (TPSA) is 98.0 Å². The molecule has 0 unspecified atom stereocenters. The Kier molecular flexibility index (Phi) is 395000. The summed E-state index contributed by atoms with van der Waals surface area (Å²) in [5.41, 5.74) is 0. The molecule has 0 saturated carbocycles. The Morgan fingerprint density at radius 2 is 0.750 bits per heavy atom. The van der Waals surface area contributed by atoms with E-state index in [1.54, 1.807) is 0 Å². The summed E-state index contributed by atoms with van der Waals surface area (Å²) in [5.74, 6) is 0. The van der Waals surface area contributed by atoms with Crippen molar-refractivity contribution in [1.82, 2.24) is 6.15 Å². The van der Waals surface area contributed by atoms with E-state index in [1.165, 1.54) is 0 Å². The summed E-state index contributed by atoms with van der Waals surface area (Å²) in [4.78, 5) is 0. The Bertz CT molecular complexity index is 6.00. The molecule has 7 N–H and O–H groups in total. The van der Waals surface area contributed by atoms with Crippen LogP contribution in [0.25, 0.3) is 0 Å². The molecule has 0 aromatic rings. The van der Waals surface area contributed by atoms with Gasteiger partial charge in [0.05, 0.1) is 0 Å². The van der Waals surface area contributed by atoms with Gasteiger partial charge in [-0.3, -0.25) is 0 Å². The summed E-state index contributed by atoms with van der Waals surface area (Å²) in [5, 5.41) is 0. The summed E-state index contributed by atoms with van der Waals surface area (Å²) in [6.07, 6.45) is 0. The number of hydrogen-bond acceptors (Lipinski definition) is 1. The van der Waals surface area contributed by atoms with E-state index in [0.29, 0.717) is 0 Å². The zero-order valence-electron chi connectivity index (χ0n) is 1.71. The molecule has 0 aliphatic rings. The van der Waals surface area contributed by atoms with Crippen LogP contribution in [0, 0.1) is 0 Å². The minimum Gasteiger partial charge on any atom is -0.412 e. The number of rotatable bonds is 0. The van der Waals surface area contributed by atoms with E-state index in [1.807, 2.05) is 0 Å². The highest BCUT2D eigenvalue weighted by Crippen LogP contribution is 0.144. The Balaban J connectivity index is 0. The molecular formula is CH11NO2. The molecule has 0 saturated heterocycles. The summed E-state index contributed by atoms with van der Waals surface area (Å²) in [7, 11) is 0. The first kappa shape index (κ1) is 2230. The maximum absolute atomic E-state index is 0. The third-order valence-corrected chi connectivity index (χ3v) is 0. The van der Waals surface area contributed by atoms with E-state index in [9.17, 15) is 0 Å². The van der Waals surface area contributed by atoms with Crippen LogP contribution in [-0.2, 0) is 0 Å². The van der Waals surface area contributed by atoms with Crippen LogP contribution >= 0.6 is 0 Å². The van der Waals surface area contributed by atoms with Gasteiger partial charge in [0, 0.05) is 0 Å². The Morgan fingerprint density at radius 1 is 0.750 bits per heavy atom. The Morgan fingerprint density at radius 3 is 0.750 bits per heavy atom. The van der Waals surface area contributed by atoms with Crippen molar-refractivity contribution in [1.29, 1.82) is 0 Å². The van der Waals surface area contributed by atoms with Crippen LogP contribution in [-0.4, -0.2) is 11.0 Å². The first-order chi connectivity index (χ1) is 0. The lowest BCUT2D eigenvalue weighted by Crippen LogP contribution is -0.481. The molecule has 0 aliphatic carbocycles. The number of hydrogen-bond donors (Lipinski definition) is 1. The van der Waals surface area contributed by atoms with Crippen molar-refractivity contribution in [2.45, 2.75) is 7.43 Å². The smallest absolute Gasteiger partial charge is 0.0776 e. The van der Waals surface area contributed by atoms with Gasteiger partial charge in [-0.05, 0) is 0 Å². The molecule has 32 valence electrons. The summed E-state index contributed by atoms with van der Waals surface area (Å²) in [6.45, 7) is 0. The van der Waals surface area contributed by atoms with Gasteiger partial charge >= 0.3 is 0 Å². The van der Waals surface area contributed by atoms with Gasteiger partial charge < -0.3 is 17.1 Å². The van der Waals surface area contributed by atoms with Gasteiger partial charge in [0.2, 0.25) is 0 Å². The second-order valence-corrected chi connectivity index (χ2v) is 0. The van der Waals surface area contributed by atoms with E-state index in [4.69, 9.17) is 0 Å². The highest BCUT2D eigenvalue weighted by molar-refractivity contribution is 2.50. The van der Waals surface area contributed by atoms with Gasteiger partial charge in [-0.25, -0.2) is 0 Å². The fourth-order valence-electron chi connectivity index (χ4n) is 0. The van der Waals surface area contributed by atoms with Crippen LogP contribution in [0.15, 0.2) is 0 Å². The second kappa shape index (κ2) is 707. The molecule has 0 aliphatic heterocycles. The lowest BCUT2D eigenvalue weighted by atomic mass is 12.0. The van der Waals surface area contributed by atoms with Gasteiger partial charge in [0.15, 0.2) is 0 Å². The Hall–Kier alpha value is -0.120. The van der Waals surface area contributed by atoms with Crippen molar-refractivity contribution in [3.63, 3.8) is 0 Å². The SMILES string of the molecule is C.N.O.O. The zero-order chi connectivity index (χ0) is 0. The molecule has 4 heavy (non-hydrogen) atoms. The molecule has 3 heteroatoms. The van der Waals surface area contributed by atoms with E-state index < -0.39 is 0 Å². The van der Waals surface area contributed by atoms with Gasteiger partial charge in [0.25, 0.3) is 0 Å². The molecule has 0 amide bonds. The average molecular weight is 69.1 g/mol. The van der Waals surface area contributed by atoms with Gasteiger partial charge in [-0.15, -0.1) is 0 Å². The minimum absolute atomic E-state index is 0. The zero-order valence-corrected chi connectivity index (χ0v) is 1.71. The molecule has 0 fully saturated rings. The van der Waals surface area contributed by atoms with Crippen molar-refractivity contribution in [3.05, 3.63) is 0 Å². The molecule has 0 rings (SSSR count). The van der Waals surface area contributed by atoms with Gasteiger partial charge in [0.1, 0.15) is 0 Å². The molecule has 0 atom stereocenters. The molecule has 0 heterocycles. The monoisotopic (exact) mass is 69.1 g/mol. The molecule has 0 bridgehead atoms. The highest BCUT2D eigenvalue weighted by Gasteiger charge is -0.0775. The molecule has 3 nitrogen and oxygen atoms in total. The lowest BCUT2D eigenvalue weighted by molar-refractivity contribution is 0.823. The summed E-state index contributed by atoms with van der Waals surface area (Å²) >= 11 is 0. The quantitative estimate of drug-likeness (QED) is 0.393. The fourth-order valence-corrected chi connectivity index (χ4v) is 0. The maximum Gasteiger partial charge on any atom is -0.0776 e. The van der Waals surface area contributed by atoms with Crippen LogP contribution in [0.1, 0.15) is 7.43 Å². The van der Waals surface area contributed by atoms with E-state index >= 15 is 0 Å². The van der Waals surface area contributed by atoms with Crippen molar-refractivity contribution < 1.29 is 11.0 Å². The van der Waals surface area contributed by atoms with E-state index in [-0.39, 0.29) is 24.5 Å². The average Bonchev–Trinajstić information content (AvgIpc) is 0. The van der Waals surface area contributed by atoms with Gasteiger partial charge in [-0.2, -0.15) is 0 Å².